The van der Waals surface area contributed by atoms with E-state index in [2.05, 4.69) is 10.0 Å². The van der Waals surface area contributed by atoms with Gasteiger partial charge in [0.2, 0.25) is 10.0 Å². The number of carbonyl (C=O) groups excluding carboxylic acids is 2. The minimum atomic E-state index is -3.81. The molecule has 0 heterocycles. The number of amides is 1. The Hall–Kier alpha value is -1.93. The van der Waals surface area contributed by atoms with E-state index in [1.807, 2.05) is 20.8 Å². The summed E-state index contributed by atoms with van der Waals surface area (Å²) >= 11 is 0. The van der Waals surface area contributed by atoms with E-state index in [0.29, 0.717) is 0 Å². The standard InChI is InChI=1S/C17H26N2O5S/c1-5-6-14(4)19-16(20)11-24-17(21)10-18-25(22,23)15-8-7-12(2)13(3)9-15/h7-9,14,18H,5-6,10-11H2,1-4H3,(H,19,20)/t14-/m0/s1. The molecule has 0 fully saturated rings. The monoisotopic (exact) mass is 370 g/mol. The average Bonchev–Trinajstić information content (AvgIpc) is 2.53. The summed E-state index contributed by atoms with van der Waals surface area (Å²) in [5.74, 6) is -1.22. The Morgan fingerprint density at radius 1 is 1.20 bits per heavy atom. The van der Waals surface area contributed by atoms with Crippen LogP contribution in [0.15, 0.2) is 23.1 Å². The van der Waals surface area contributed by atoms with E-state index in [1.54, 1.807) is 13.0 Å². The zero-order valence-corrected chi connectivity index (χ0v) is 15.9. The molecule has 0 radical (unpaired) electrons. The normalized spacial score (nSPS) is 12.5. The van der Waals surface area contributed by atoms with Gasteiger partial charge in [-0.15, -0.1) is 0 Å². The Morgan fingerprint density at radius 2 is 1.88 bits per heavy atom. The van der Waals surface area contributed by atoms with Gasteiger partial charge in [0.15, 0.2) is 6.61 Å². The topological polar surface area (TPSA) is 102 Å². The third-order valence-electron chi connectivity index (χ3n) is 3.69. The number of carbonyl (C=O) groups is 2. The number of sulfonamides is 1. The molecule has 0 saturated heterocycles. The first-order valence-electron chi connectivity index (χ1n) is 8.17. The number of hydrogen-bond acceptors (Lipinski definition) is 5. The number of esters is 1. The van der Waals surface area contributed by atoms with E-state index in [0.717, 1.165) is 24.0 Å². The Balaban J connectivity index is 2.47. The molecule has 0 aliphatic heterocycles. The van der Waals surface area contributed by atoms with Gasteiger partial charge in [-0.05, 0) is 50.5 Å². The van der Waals surface area contributed by atoms with Crippen molar-refractivity contribution in [2.75, 3.05) is 13.2 Å². The minimum absolute atomic E-state index is 0.000480. The summed E-state index contributed by atoms with van der Waals surface area (Å²) < 4.78 is 31.3. The number of benzene rings is 1. The lowest BCUT2D eigenvalue weighted by atomic mass is 10.1. The Kier molecular flexibility index (Phi) is 8.05. The van der Waals surface area contributed by atoms with Crippen LogP contribution in [0.1, 0.15) is 37.8 Å². The smallest absolute Gasteiger partial charge is 0.321 e. The maximum Gasteiger partial charge on any atom is 0.321 e. The van der Waals surface area contributed by atoms with E-state index in [-0.39, 0.29) is 10.9 Å². The molecule has 0 spiro atoms. The molecule has 0 aliphatic carbocycles. The van der Waals surface area contributed by atoms with Crippen LogP contribution in [0.25, 0.3) is 0 Å². The molecular formula is C17H26N2O5S. The largest absolute Gasteiger partial charge is 0.455 e. The lowest BCUT2D eigenvalue weighted by Crippen LogP contribution is -2.37. The first-order valence-corrected chi connectivity index (χ1v) is 9.66. The van der Waals surface area contributed by atoms with Gasteiger partial charge in [0.1, 0.15) is 6.54 Å². The molecule has 0 saturated carbocycles. The van der Waals surface area contributed by atoms with Crippen molar-refractivity contribution >= 4 is 21.9 Å². The van der Waals surface area contributed by atoms with Gasteiger partial charge in [-0.3, -0.25) is 9.59 Å². The fraction of sp³-hybridized carbons (Fsp3) is 0.529. The Labute approximate surface area is 149 Å². The molecule has 1 amide bonds. The molecule has 1 aromatic rings. The molecule has 0 unspecified atom stereocenters. The van der Waals surface area contributed by atoms with Crippen molar-refractivity contribution in [2.45, 2.75) is 51.5 Å². The van der Waals surface area contributed by atoms with Crippen LogP contribution in [0.4, 0.5) is 0 Å². The number of rotatable bonds is 9. The van der Waals surface area contributed by atoms with Crippen LogP contribution in [0, 0.1) is 13.8 Å². The SMILES string of the molecule is CCC[C@H](C)NC(=O)COC(=O)CNS(=O)(=O)c1ccc(C)c(C)c1. The average molecular weight is 370 g/mol. The minimum Gasteiger partial charge on any atom is -0.455 e. The van der Waals surface area contributed by atoms with E-state index in [1.165, 1.54) is 12.1 Å². The molecule has 1 aromatic carbocycles. The highest BCUT2D eigenvalue weighted by Crippen LogP contribution is 2.14. The van der Waals surface area contributed by atoms with Crippen LogP contribution in [-0.2, 0) is 24.3 Å². The second-order valence-electron chi connectivity index (χ2n) is 5.99. The van der Waals surface area contributed by atoms with Crippen molar-refractivity contribution in [3.05, 3.63) is 29.3 Å². The number of ether oxygens (including phenoxy) is 1. The van der Waals surface area contributed by atoms with E-state index >= 15 is 0 Å². The molecule has 140 valence electrons. The number of aryl methyl sites for hydroxylation is 2. The van der Waals surface area contributed by atoms with Gasteiger partial charge in [0.25, 0.3) is 5.91 Å². The molecule has 7 nitrogen and oxygen atoms in total. The van der Waals surface area contributed by atoms with Crippen molar-refractivity contribution in [3.63, 3.8) is 0 Å². The molecule has 0 aliphatic rings. The van der Waals surface area contributed by atoms with Gasteiger partial charge < -0.3 is 10.1 Å². The first kappa shape index (κ1) is 21.1. The van der Waals surface area contributed by atoms with Crippen LogP contribution in [-0.4, -0.2) is 39.5 Å². The highest BCUT2D eigenvalue weighted by atomic mass is 32.2. The van der Waals surface area contributed by atoms with E-state index < -0.39 is 35.1 Å². The van der Waals surface area contributed by atoms with Crippen molar-refractivity contribution < 1.29 is 22.7 Å². The maximum atomic E-state index is 12.2. The third kappa shape index (κ3) is 7.23. The summed E-state index contributed by atoms with van der Waals surface area (Å²) in [5, 5.41) is 2.69. The van der Waals surface area contributed by atoms with Crippen LogP contribution in [0.2, 0.25) is 0 Å². The number of nitrogens with one attached hydrogen (secondary N) is 2. The number of hydrogen-bond donors (Lipinski definition) is 2. The predicted molar refractivity (Wildman–Crippen MR) is 94.6 cm³/mol. The van der Waals surface area contributed by atoms with Gasteiger partial charge in [-0.25, -0.2) is 8.42 Å². The molecule has 0 aromatic heterocycles. The van der Waals surface area contributed by atoms with Gasteiger partial charge in [-0.1, -0.05) is 19.4 Å². The van der Waals surface area contributed by atoms with Crippen LogP contribution < -0.4 is 10.0 Å². The maximum absolute atomic E-state index is 12.2. The molecule has 1 rings (SSSR count). The molecule has 8 heteroatoms. The summed E-state index contributed by atoms with van der Waals surface area (Å²) in [6.45, 7) is 6.58. The second-order valence-corrected chi connectivity index (χ2v) is 7.76. The van der Waals surface area contributed by atoms with Crippen LogP contribution in [0.3, 0.4) is 0 Å². The van der Waals surface area contributed by atoms with Crippen LogP contribution in [0.5, 0.6) is 0 Å². The predicted octanol–water partition coefficient (Wildman–Crippen LogP) is 1.43. The highest BCUT2D eigenvalue weighted by Gasteiger charge is 2.17. The molecule has 2 N–H and O–H groups in total. The van der Waals surface area contributed by atoms with Gasteiger partial charge >= 0.3 is 5.97 Å². The second kappa shape index (κ2) is 9.53. The van der Waals surface area contributed by atoms with Gasteiger partial charge in [0.05, 0.1) is 4.90 Å². The van der Waals surface area contributed by atoms with E-state index in [4.69, 9.17) is 4.74 Å². The molecule has 1 atom stereocenters. The highest BCUT2D eigenvalue weighted by molar-refractivity contribution is 7.89. The van der Waals surface area contributed by atoms with Gasteiger partial charge in [-0.2, -0.15) is 4.72 Å². The van der Waals surface area contributed by atoms with Crippen molar-refractivity contribution in [2.24, 2.45) is 0 Å². The zero-order valence-electron chi connectivity index (χ0n) is 15.1. The summed E-state index contributed by atoms with van der Waals surface area (Å²) in [7, 11) is -3.81. The van der Waals surface area contributed by atoms with Crippen molar-refractivity contribution in [3.8, 4) is 0 Å². The van der Waals surface area contributed by atoms with Crippen molar-refractivity contribution in [1.29, 1.82) is 0 Å². The fourth-order valence-electron chi connectivity index (χ4n) is 2.14. The van der Waals surface area contributed by atoms with Gasteiger partial charge in [0, 0.05) is 6.04 Å². The van der Waals surface area contributed by atoms with E-state index in [9.17, 15) is 18.0 Å². The summed E-state index contributed by atoms with van der Waals surface area (Å²) in [6.07, 6.45) is 1.76. The molecular weight excluding hydrogens is 344 g/mol. The molecule has 25 heavy (non-hydrogen) atoms. The quantitative estimate of drug-likeness (QED) is 0.640. The third-order valence-corrected chi connectivity index (χ3v) is 5.09. The zero-order chi connectivity index (χ0) is 19.0. The first-order chi connectivity index (χ1) is 11.7. The molecule has 0 bridgehead atoms. The fourth-order valence-corrected chi connectivity index (χ4v) is 3.19. The summed E-state index contributed by atoms with van der Waals surface area (Å²) in [4.78, 5) is 23.3. The lowest BCUT2D eigenvalue weighted by molar-refractivity contribution is -0.147. The lowest BCUT2D eigenvalue weighted by Gasteiger charge is -2.13. The summed E-state index contributed by atoms with van der Waals surface area (Å²) in [6, 6.07) is 4.70. The van der Waals surface area contributed by atoms with Crippen molar-refractivity contribution in [1.82, 2.24) is 10.0 Å². The summed E-state index contributed by atoms with van der Waals surface area (Å²) in [5.41, 5.74) is 1.81. The Bertz CT molecular complexity index is 716. The Morgan fingerprint density at radius 3 is 2.48 bits per heavy atom. The van der Waals surface area contributed by atoms with Crippen LogP contribution >= 0.6 is 0 Å².